The molecule has 0 fully saturated rings. The lowest BCUT2D eigenvalue weighted by Gasteiger charge is -2.30. The molecule has 3 aromatic rings. The lowest BCUT2D eigenvalue weighted by Crippen LogP contribution is -2.39. The number of nitrogens with zero attached hydrogens (tertiary/aromatic N) is 3. The summed E-state index contributed by atoms with van der Waals surface area (Å²) in [4.78, 5) is 21.3. The zero-order valence-corrected chi connectivity index (χ0v) is 40.8. The highest BCUT2D eigenvalue weighted by atomic mass is 32.2. The van der Waals surface area contributed by atoms with Gasteiger partial charge in [-0.25, -0.2) is 21.8 Å². The molecule has 1 amide bonds. The first-order valence-corrected chi connectivity index (χ1v) is 26.9. The predicted octanol–water partition coefficient (Wildman–Crippen LogP) is 12.2. The van der Waals surface area contributed by atoms with Crippen LogP contribution in [0.1, 0.15) is 180 Å². The molecule has 1 aromatic heterocycles. The Morgan fingerprint density at radius 3 is 1.19 bits per heavy atom. The zero-order chi connectivity index (χ0) is 45.5. The van der Waals surface area contributed by atoms with Gasteiger partial charge in [-0.05, 0) is 79.2 Å². The maximum atomic E-state index is 14.4. The van der Waals surface area contributed by atoms with Crippen molar-refractivity contribution in [1.82, 2.24) is 13.6 Å². The smallest absolute Gasteiger partial charge is 0.280 e. The Hall–Kier alpha value is -3.32. The quantitative estimate of drug-likeness (QED) is 0.0683. The Morgan fingerprint density at radius 1 is 0.532 bits per heavy atom. The number of nitrogens with one attached hydrogen (secondary N) is 1. The summed E-state index contributed by atoms with van der Waals surface area (Å²) in [7, 11) is -7.66. The van der Waals surface area contributed by atoms with Crippen LogP contribution in [-0.4, -0.2) is 73.3 Å². The van der Waals surface area contributed by atoms with E-state index in [9.17, 15) is 26.7 Å². The van der Waals surface area contributed by atoms with Crippen LogP contribution < -0.4 is 0 Å². The number of sulfonamides is 2. The lowest BCUT2D eigenvalue weighted by atomic mass is 9.97. The first kappa shape index (κ1) is 51.3. The van der Waals surface area contributed by atoms with E-state index >= 15 is 0 Å². The van der Waals surface area contributed by atoms with E-state index < -0.39 is 26.0 Å². The van der Waals surface area contributed by atoms with E-state index in [1.54, 1.807) is 57.1 Å². The average molecular weight is 895 g/mol. The van der Waals surface area contributed by atoms with E-state index in [0.29, 0.717) is 43.0 Å². The van der Waals surface area contributed by atoms with Crippen molar-refractivity contribution in [3.63, 3.8) is 0 Å². The van der Waals surface area contributed by atoms with Gasteiger partial charge in [0.25, 0.3) is 5.91 Å². The maximum absolute atomic E-state index is 14.4. The normalized spacial score (nSPS) is 15.3. The van der Waals surface area contributed by atoms with Gasteiger partial charge in [-0.3, -0.25) is 4.79 Å². The van der Waals surface area contributed by atoms with Crippen molar-refractivity contribution in [3.8, 4) is 17.1 Å². The molecule has 0 bridgehead atoms. The number of hydrogen-bond donors (Lipinski definition) is 2. The second-order valence-electron chi connectivity index (χ2n) is 17.7. The van der Waals surface area contributed by atoms with Crippen LogP contribution in [0.2, 0.25) is 0 Å². The third-order valence-corrected chi connectivity index (χ3v) is 16.9. The molecular formula is C50H78N4O6S2. The highest BCUT2D eigenvalue weighted by Crippen LogP contribution is 2.39. The lowest BCUT2D eigenvalue weighted by molar-refractivity contribution is 0.101. The van der Waals surface area contributed by atoms with Crippen molar-refractivity contribution in [1.29, 1.82) is 0 Å². The van der Waals surface area contributed by atoms with Crippen LogP contribution >= 0.6 is 0 Å². The molecule has 62 heavy (non-hydrogen) atoms. The summed E-state index contributed by atoms with van der Waals surface area (Å²) in [5, 5.41) is 11.3. The Morgan fingerprint density at radius 2 is 0.871 bits per heavy atom. The predicted molar refractivity (Wildman–Crippen MR) is 255 cm³/mol. The zero-order valence-electron chi connectivity index (χ0n) is 39.2. The summed E-state index contributed by atoms with van der Waals surface area (Å²) in [6, 6.07) is 13.0. The van der Waals surface area contributed by atoms with Crippen molar-refractivity contribution < 1.29 is 26.7 Å². The molecule has 12 heteroatoms. The van der Waals surface area contributed by atoms with Crippen LogP contribution in [0, 0.1) is 23.7 Å². The van der Waals surface area contributed by atoms with Crippen molar-refractivity contribution in [2.75, 3.05) is 26.2 Å². The number of benzene rings is 2. The van der Waals surface area contributed by atoms with Crippen LogP contribution in [0.4, 0.5) is 0 Å². The fraction of sp³-hybridized carbons (Fsp3) is 0.640. The van der Waals surface area contributed by atoms with Gasteiger partial charge < -0.3 is 10.1 Å². The molecule has 4 rings (SSSR count). The molecule has 0 aliphatic carbocycles. The number of unbranched alkanes of at least 4 members (excludes halogenated alkanes) is 4. The minimum Gasteiger partial charge on any atom is -0.494 e. The van der Waals surface area contributed by atoms with Gasteiger partial charge in [0.2, 0.25) is 20.0 Å². The van der Waals surface area contributed by atoms with Gasteiger partial charge in [-0.2, -0.15) is 8.61 Å². The monoisotopic (exact) mass is 895 g/mol. The minimum atomic E-state index is -3.83. The molecule has 4 unspecified atom stereocenters. The molecule has 0 spiro atoms. The molecule has 0 radical (unpaired) electrons. The van der Waals surface area contributed by atoms with Gasteiger partial charge >= 0.3 is 0 Å². The van der Waals surface area contributed by atoms with Gasteiger partial charge in [0.15, 0.2) is 5.88 Å². The molecule has 346 valence electrons. The number of fused-ring (bicyclic) bond motifs is 1. The summed E-state index contributed by atoms with van der Waals surface area (Å²) in [5.41, 5.74) is 2.06. The van der Waals surface area contributed by atoms with Gasteiger partial charge in [-0.15, -0.1) is 0 Å². The maximum Gasteiger partial charge on any atom is 0.280 e. The number of rotatable bonds is 30. The summed E-state index contributed by atoms with van der Waals surface area (Å²) in [5.74, 6) is 0.308. The van der Waals surface area contributed by atoms with Crippen molar-refractivity contribution >= 4 is 31.7 Å². The molecule has 0 saturated carbocycles. The van der Waals surface area contributed by atoms with E-state index in [1.807, 2.05) is 0 Å². The highest BCUT2D eigenvalue weighted by Gasteiger charge is 2.35. The fourth-order valence-corrected chi connectivity index (χ4v) is 12.0. The molecule has 2 heterocycles. The van der Waals surface area contributed by atoms with Crippen LogP contribution in [0.3, 0.4) is 0 Å². The number of H-pyrrole nitrogens is 1. The summed E-state index contributed by atoms with van der Waals surface area (Å²) in [6.07, 6.45) is 16.1. The molecule has 2 aromatic carbocycles. The largest absolute Gasteiger partial charge is 0.494 e. The number of hydrogen-bond acceptors (Lipinski definition) is 6. The van der Waals surface area contributed by atoms with E-state index in [0.717, 1.165) is 103 Å². The van der Waals surface area contributed by atoms with E-state index in [2.05, 4.69) is 65.4 Å². The fourth-order valence-electron chi connectivity index (χ4n) is 8.81. The first-order valence-electron chi connectivity index (χ1n) is 24.0. The number of carbonyl (C=O) groups is 1. The van der Waals surface area contributed by atoms with Crippen molar-refractivity contribution in [3.05, 3.63) is 65.2 Å². The number of aromatic hydroxyl groups is 1. The summed E-state index contributed by atoms with van der Waals surface area (Å²) < 4.78 is 60.8. The Balaban J connectivity index is 1.63. The molecule has 2 N–H and O–H groups in total. The topological polar surface area (TPSA) is 140 Å². The van der Waals surface area contributed by atoms with Gasteiger partial charge in [0.1, 0.15) is 0 Å². The number of aromatic amines is 1. The second kappa shape index (κ2) is 24.7. The average Bonchev–Trinajstić information content (AvgIpc) is 3.81. The minimum absolute atomic E-state index is 0.187. The molecule has 1 aliphatic heterocycles. The number of carbonyl (C=O) groups excluding carboxylic acids is 1. The Kier molecular flexibility index (Phi) is 20.4. The van der Waals surface area contributed by atoms with Gasteiger partial charge in [-0.1, -0.05) is 157 Å². The van der Waals surface area contributed by atoms with E-state index in [1.165, 1.54) is 0 Å². The third-order valence-electron chi connectivity index (χ3n) is 13.2. The molecular weight excluding hydrogens is 817 g/mol. The van der Waals surface area contributed by atoms with Crippen LogP contribution in [0.15, 0.2) is 63.3 Å². The van der Waals surface area contributed by atoms with Gasteiger partial charge in [0.05, 0.1) is 32.3 Å². The summed E-state index contributed by atoms with van der Waals surface area (Å²) >= 11 is 0. The van der Waals surface area contributed by atoms with Crippen LogP contribution in [0.5, 0.6) is 5.88 Å². The van der Waals surface area contributed by atoms with Crippen LogP contribution in [0.25, 0.3) is 11.3 Å². The Bertz CT molecular complexity index is 2060. The Labute approximate surface area is 375 Å². The van der Waals surface area contributed by atoms with E-state index in [-0.39, 0.29) is 56.2 Å². The summed E-state index contributed by atoms with van der Waals surface area (Å²) in [6.45, 7) is 19.1. The van der Waals surface area contributed by atoms with Crippen LogP contribution in [-0.2, 0) is 20.0 Å². The molecule has 0 saturated heterocycles. The van der Waals surface area contributed by atoms with Gasteiger partial charge in [0, 0.05) is 31.7 Å². The molecule has 4 atom stereocenters. The van der Waals surface area contributed by atoms with Crippen molar-refractivity contribution in [2.45, 2.75) is 168 Å². The number of aromatic nitrogens is 1. The molecule has 10 nitrogen and oxygen atoms in total. The third kappa shape index (κ3) is 12.9. The van der Waals surface area contributed by atoms with E-state index in [4.69, 9.17) is 0 Å². The number of amides is 1. The number of aliphatic imine (C=N–C) groups is 1. The van der Waals surface area contributed by atoms with Crippen molar-refractivity contribution in [2.24, 2.45) is 28.7 Å². The highest BCUT2D eigenvalue weighted by molar-refractivity contribution is 7.89. The first-order chi connectivity index (χ1) is 29.7. The second-order valence-corrected chi connectivity index (χ2v) is 21.6. The SMILES string of the molecule is CCCCC(CC)CN(CC(CC)CCCC)S(=O)(=O)c1ccc(C2=NC(=O)c3c(-c4ccc(S(=O)(=O)N(CC(CC)CCCC)CC(CC)CCCC)cc4)[nH]c(O)c32)cc1. The molecule has 1 aliphatic rings. The standard InChI is InChI=1S/C50H78N4O6S2/c1-9-17-21-37(13-5)33-53(34-38(14-6)22-18-10-2)61(57,58)43-29-25-41(26-30-43)47-45-46(50(56)51-47)48(52-49(45)55)42-27-31-44(32-28-42)62(59,60)54(35-39(15-7)23-19-11-3)36-40(16-8)24-20-12-4/h25-32,37-40,51,56H,9-24,33-36H2,1-8H3.